The fraction of sp³-hybridized carbons (Fsp3) is 0.278. The van der Waals surface area contributed by atoms with E-state index in [0.717, 1.165) is 24.2 Å². The maximum atomic E-state index is 5.35. The number of hydrogen-bond donors (Lipinski definition) is 0. The van der Waals surface area contributed by atoms with E-state index in [1.54, 1.807) is 12.4 Å². The molecule has 0 bridgehead atoms. The van der Waals surface area contributed by atoms with Crippen molar-refractivity contribution in [3.63, 3.8) is 0 Å². The Balaban J connectivity index is 1.55. The molecule has 0 amide bonds. The van der Waals surface area contributed by atoms with Crippen LogP contribution in [0.25, 0.3) is 22.8 Å². The van der Waals surface area contributed by atoms with E-state index in [0.29, 0.717) is 11.7 Å². The van der Waals surface area contributed by atoms with Crippen LogP contribution in [0.15, 0.2) is 53.3 Å². The molecule has 1 saturated heterocycles. The lowest BCUT2D eigenvalue weighted by Crippen LogP contribution is -2.29. The highest BCUT2D eigenvalue weighted by Crippen LogP contribution is 2.25. The van der Waals surface area contributed by atoms with Crippen molar-refractivity contribution in [3.05, 3.63) is 48.8 Å². The van der Waals surface area contributed by atoms with E-state index in [4.69, 9.17) is 4.52 Å². The first-order valence-corrected chi connectivity index (χ1v) is 8.00. The Morgan fingerprint density at radius 3 is 2.30 bits per heavy atom. The van der Waals surface area contributed by atoms with Crippen molar-refractivity contribution in [2.45, 2.75) is 19.3 Å². The second kappa shape index (κ2) is 6.20. The fourth-order valence-electron chi connectivity index (χ4n) is 2.93. The Bertz CT molecular complexity index is 761. The molecule has 1 aliphatic rings. The zero-order valence-electron chi connectivity index (χ0n) is 12.9. The molecule has 0 radical (unpaired) electrons. The SMILES string of the molecule is c1cc(-c2nc(-c3ccc(N4CCCCC4)cc3)no2)ccn1. The number of piperidine rings is 1. The quantitative estimate of drug-likeness (QED) is 0.737. The lowest BCUT2D eigenvalue weighted by molar-refractivity contribution is 0.432. The largest absolute Gasteiger partial charge is 0.372 e. The third kappa shape index (κ3) is 2.95. The highest BCUT2D eigenvalue weighted by molar-refractivity contribution is 5.62. The molecule has 0 atom stereocenters. The third-order valence-electron chi connectivity index (χ3n) is 4.20. The standard InChI is InChI=1S/C18H18N4O/c1-2-12-22(13-3-1)16-6-4-14(5-7-16)17-20-18(23-21-17)15-8-10-19-11-9-15/h4-11H,1-3,12-13H2. The van der Waals surface area contributed by atoms with Gasteiger partial charge in [0.25, 0.3) is 5.89 Å². The van der Waals surface area contributed by atoms with Gasteiger partial charge in [0, 0.05) is 42.3 Å². The molecule has 4 rings (SSSR count). The van der Waals surface area contributed by atoms with Gasteiger partial charge in [-0.15, -0.1) is 0 Å². The van der Waals surface area contributed by atoms with Crippen LogP contribution in [0.5, 0.6) is 0 Å². The van der Waals surface area contributed by atoms with Gasteiger partial charge in [-0.1, -0.05) is 5.16 Å². The average molecular weight is 306 g/mol. The highest BCUT2D eigenvalue weighted by atomic mass is 16.5. The second-order valence-corrected chi connectivity index (χ2v) is 5.75. The second-order valence-electron chi connectivity index (χ2n) is 5.75. The van der Waals surface area contributed by atoms with Crippen LogP contribution in [0.1, 0.15) is 19.3 Å². The summed E-state index contributed by atoms with van der Waals surface area (Å²) in [6, 6.07) is 12.1. The molecule has 0 spiro atoms. The number of rotatable bonds is 3. The molecule has 3 heterocycles. The molecule has 116 valence electrons. The van der Waals surface area contributed by atoms with E-state index in [9.17, 15) is 0 Å². The molecule has 5 nitrogen and oxygen atoms in total. The molecule has 0 saturated carbocycles. The maximum Gasteiger partial charge on any atom is 0.258 e. The number of benzene rings is 1. The number of aromatic nitrogens is 3. The molecule has 1 aliphatic heterocycles. The number of nitrogens with zero attached hydrogens (tertiary/aromatic N) is 4. The van der Waals surface area contributed by atoms with E-state index in [1.165, 1.54) is 24.9 Å². The van der Waals surface area contributed by atoms with Gasteiger partial charge in [0.2, 0.25) is 5.82 Å². The summed E-state index contributed by atoms with van der Waals surface area (Å²) in [7, 11) is 0. The van der Waals surface area contributed by atoms with Gasteiger partial charge in [0.15, 0.2) is 0 Å². The minimum atomic E-state index is 0.516. The summed E-state index contributed by atoms with van der Waals surface area (Å²) in [5, 5.41) is 4.08. The first-order chi connectivity index (χ1) is 11.4. The van der Waals surface area contributed by atoms with E-state index in [1.807, 2.05) is 12.1 Å². The van der Waals surface area contributed by atoms with Gasteiger partial charge in [-0.25, -0.2) is 0 Å². The molecule has 0 aliphatic carbocycles. The lowest BCUT2D eigenvalue weighted by atomic mass is 10.1. The summed E-state index contributed by atoms with van der Waals surface area (Å²) in [6.45, 7) is 2.29. The van der Waals surface area contributed by atoms with E-state index in [2.05, 4.69) is 44.3 Å². The van der Waals surface area contributed by atoms with Crippen molar-refractivity contribution in [1.82, 2.24) is 15.1 Å². The van der Waals surface area contributed by atoms with Crippen LogP contribution in [-0.2, 0) is 0 Å². The topological polar surface area (TPSA) is 55.1 Å². The van der Waals surface area contributed by atoms with Crippen molar-refractivity contribution in [2.24, 2.45) is 0 Å². The summed E-state index contributed by atoms with van der Waals surface area (Å²) >= 11 is 0. The fourth-order valence-corrected chi connectivity index (χ4v) is 2.93. The summed E-state index contributed by atoms with van der Waals surface area (Å²) in [6.07, 6.45) is 7.33. The van der Waals surface area contributed by atoms with E-state index < -0.39 is 0 Å². The summed E-state index contributed by atoms with van der Waals surface area (Å²) in [4.78, 5) is 10.9. The third-order valence-corrected chi connectivity index (χ3v) is 4.20. The van der Waals surface area contributed by atoms with Crippen LogP contribution in [0, 0.1) is 0 Å². The monoisotopic (exact) mass is 306 g/mol. The normalized spacial score (nSPS) is 14.9. The zero-order valence-corrected chi connectivity index (χ0v) is 12.9. The summed E-state index contributed by atoms with van der Waals surface area (Å²) in [5.74, 6) is 1.13. The minimum absolute atomic E-state index is 0.516. The zero-order chi connectivity index (χ0) is 15.5. The Kier molecular flexibility index (Phi) is 3.76. The van der Waals surface area contributed by atoms with Crippen molar-refractivity contribution in [2.75, 3.05) is 18.0 Å². The van der Waals surface area contributed by atoms with Crippen molar-refractivity contribution in [3.8, 4) is 22.8 Å². The van der Waals surface area contributed by atoms with Gasteiger partial charge in [-0.2, -0.15) is 4.98 Å². The number of pyridine rings is 1. The molecular formula is C18H18N4O. The molecule has 1 aromatic carbocycles. The summed E-state index contributed by atoms with van der Waals surface area (Å²) < 4.78 is 5.35. The molecule has 0 unspecified atom stereocenters. The number of hydrogen-bond acceptors (Lipinski definition) is 5. The van der Waals surface area contributed by atoms with Gasteiger partial charge in [-0.05, 0) is 55.7 Å². The minimum Gasteiger partial charge on any atom is -0.372 e. The van der Waals surface area contributed by atoms with Gasteiger partial charge in [-0.3, -0.25) is 4.98 Å². The molecule has 5 heteroatoms. The van der Waals surface area contributed by atoms with Crippen LogP contribution < -0.4 is 4.90 Å². The lowest BCUT2D eigenvalue weighted by Gasteiger charge is -2.28. The predicted octanol–water partition coefficient (Wildman–Crippen LogP) is 3.79. The van der Waals surface area contributed by atoms with E-state index >= 15 is 0 Å². The first-order valence-electron chi connectivity index (χ1n) is 8.00. The molecule has 1 fully saturated rings. The van der Waals surface area contributed by atoms with Crippen LogP contribution in [0.2, 0.25) is 0 Å². The van der Waals surface area contributed by atoms with Crippen molar-refractivity contribution >= 4 is 5.69 Å². The van der Waals surface area contributed by atoms with Crippen LogP contribution in [0.4, 0.5) is 5.69 Å². The average Bonchev–Trinajstić information content (AvgIpc) is 3.14. The van der Waals surface area contributed by atoms with Gasteiger partial charge in [0.1, 0.15) is 0 Å². The van der Waals surface area contributed by atoms with E-state index in [-0.39, 0.29) is 0 Å². The molecular weight excluding hydrogens is 288 g/mol. The van der Waals surface area contributed by atoms with Crippen LogP contribution >= 0.6 is 0 Å². The van der Waals surface area contributed by atoms with Crippen LogP contribution in [0.3, 0.4) is 0 Å². The van der Waals surface area contributed by atoms with Gasteiger partial charge >= 0.3 is 0 Å². The Hall–Kier alpha value is -2.69. The highest BCUT2D eigenvalue weighted by Gasteiger charge is 2.13. The molecule has 2 aromatic heterocycles. The molecule has 0 N–H and O–H groups in total. The van der Waals surface area contributed by atoms with Crippen molar-refractivity contribution in [1.29, 1.82) is 0 Å². The van der Waals surface area contributed by atoms with Crippen molar-refractivity contribution < 1.29 is 4.52 Å². The maximum absolute atomic E-state index is 5.35. The first kappa shape index (κ1) is 13.9. The van der Waals surface area contributed by atoms with Crippen LogP contribution in [-0.4, -0.2) is 28.2 Å². The molecule has 23 heavy (non-hydrogen) atoms. The smallest absolute Gasteiger partial charge is 0.258 e. The Morgan fingerprint density at radius 2 is 1.57 bits per heavy atom. The Morgan fingerprint density at radius 1 is 0.826 bits per heavy atom. The van der Waals surface area contributed by atoms with Gasteiger partial charge in [0.05, 0.1) is 0 Å². The Labute approximate surface area is 135 Å². The predicted molar refractivity (Wildman–Crippen MR) is 89.0 cm³/mol. The summed E-state index contributed by atoms with van der Waals surface area (Å²) in [5.41, 5.74) is 3.12. The van der Waals surface area contributed by atoms with Gasteiger partial charge < -0.3 is 9.42 Å². The number of anilines is 1. The molecule has 3 aromatic rings.